The van der Waals surface area contributed by atoms with Crippen LogP contribution in [0.3, 0.4) is 0 Å². The topological polar surface area (TPSA) is 153 Å². The molecular weight excluding hydrogens is 312 g/mol. The third-order valence-electron chi connectivity index (χ3n) is 2.97. The Bertz CT molecular complexity index is 894. The molecule has 0 fully saturated rings. The Hall–Kier alpha value is -4.16. The van der Waals surface area contributed by atoms with Crippen molar-refractivity contribution in [1.29, 1.82) is 15.8 Å². The summed E-state index contributed by atoms with van der Waals surface area (Å²) in [6.07, 6.45) is -0.316. The quantitative estimate of drug-likeness (QED) is 0.787. The molecular formula is C15H8N6O3. The van der Waals surface area contributed by atoms with E-state index in [1.165, 1.54) is 12.1 Å². The van der Waals surface area contributed by atoms with Gasteiger partial charge in [-0.05, 0) is 18.2 Å². The number of anilines is 2. The summed E-state index contributed by atoms with van der Waals surface area (Å²) in [6, 6.07) is 11.0. The highest BCUT2D eigenvalue weighted by atomic mass is 16.4. The number of carboxylic acids is 1. The van der Waals surface area contributed by atoms with Crippen LogP contribution in [0.25, 0.3) is 0 Å². The maximum Gasteiger partial charge on any atom is 0.352 e. The van der Waals surface area contributed by atoms with Crippen LogP contribution in [0.15, 0.2) is 40.6 Å². The second kappa shape index (κ2) is 6.73. The van der Waals surface area contributed by atoms with Crippen LogP contribution in [-0.2, 0) is 9.59 Å². The van der Waals surface area contributed by atoms with Gasteiger partial charge in [0.2, 0.25) is 0 Å². The lowest BCUT2D eigenvalue weighted by Crippen LogP contribution is -2.19. The first-order chi connectivity index (χ1) is 11.5. The molecule has 24 heavy (non-hydrogen) atoms. The van der Waals surface area contributed by atoms with Crippen molar-refractivity contribution in [3.63, 3.8) is 0 Å². The molecule has 0 aromatic heterocycles. The Balaban J connectivity index is 2.35. The van der Waals surface area contributed by atoms with E-state index in [4.69, 9.17) is 20.9 Å². The van der Waals surface area contributed by atoms with Gasteiger partial charge in [0.25, 0.3) is 5.91 Å². The highest BCUT2D eigenvalue weighted by molar-refractivity contribution is 6.42. The Labute approximate surface area is 135 Å². The number of aliphatic carboxylic acids is 1. The van der Waals surface area contributed by atoms with Crippen LogP contribution in [0.1, 0.15) is 6.42 Å². The van der Waals surface area contributed by atoms with E-state index < -0.39 is 11.9 Å². The van der Waals surface area contributed by atoms with E-state index in [1.54, 1.807) is 30.3 Å². The van der Waals surface area contributed by atoms with Crippen molar-refractivity contribution in [2.45, 2.75) is 6.42 Å². The first kappa shape index (κ1) is 16.2. The summed E-state index contributed by atoms with van der Waals surface area (Å²) in [7, 11) is 0. The van der Waals surface area contributed by atoms with Crippen molar-refractivity contribution < 1.29 is 14.7 Å². The van der Waals surface area contributed by atoms with Gasteiger partial charge in [0.15, 0.2) is 11.3 Å². The van der Waals surface area contributed by atoms with Crippen LogP contribution in [0, 0.1) is 34.0 Å². The van der Waals surface area contributed by atoms with Gasteiger partial charge in [-0.3, -0.25) is 4.79 Å². The van der Waals surface area contributed by atoms with E-state index >= 15 is 0 Å². The fourth-order valence-corrected chi connectivity index (χ4v) is 1.89. The summed E-state index contributed by atoms with van der Waals surface area (Å²) >= 11 is 0. The largest absolute Gasteiger partial charge is 0.477 e. The summed E-state index contributed by atoms with van der Waals surface area (Å²) in [5.74, 6) is -1.78. The van der Waals surface area contributed by atoms with Gasteiger partial charge in [0, 0.05) is 5.69 Å². The number of benzene rings is 1. The molecule has 0 unspecified atom stereocenters. The number of carbonyl (C=O) groups is 2. The zero-order valence-corrected chi connectivity index (χ0v) is 12.0. The first-order valence-corrected chi connectivity index (χ1v) is 6.45. The average Bonchev–Trinajstić information content (AvgIpc) is 2.97. The molecule has 1 aliphatic rings. The maximum absolute atomic E-state index is 11.9. The molecule has 0 spiro atoms. The van der Waals surface area contributed by atoms with E-state index in [-0.39, 0.29) is 29.1 Å². The number of hydrazone groups is 1. The van der Waals surface area contributed by atoms with E-state index in [9.17, 15) is 9.59 Å². The van der Waals surface area contributed by atoms with Gasteiger partial charge in [0.05, 0.1) is 12.1 Å². The van der Waals surface area contributed by atoms with Gasteiger partial charge < -0.3 is 10.4 Å². The summed E-state index contributed by atoms with van der Waals surface area (Å²) < 4.78 is 0. The zero-order chi connectivity index (χ0) is 17.7. The number of allylic oxidation sites excluding steroid dienone is 2. The van der Waals surface area contributed by atoms with Crippen LogP contribution in [0.4, 0.5) is 11.4 Å². The van der Waals surface area contributed by atoms with Gasteiger partial charge in [-0.25, -0.2) is 4.79 Å². The standard InChI is InChI=1S/C15H8N6O3/c16-6-9(7-17)13(8-18)19-10-2-1-3-11(4-10)21-14(22)5-12(20-21)15(23)24/h1-4,19H,5H2,(H,23,24). The van der Waals surface area contributed by atoms with Crippen molar-refractivity contribution in [1.82, 2.24) is 0 Å². The number of nitrogens with zero attached hydrogens (tertiary/aromatic N) is 5. The van der Waals surface area contributed by atoms with Crippen molar-refractivity contribution in [2.75, 3.05) is 10.3 Å². The number of carboxylic acid groups (broad SMARTS) is 1. The number of hydrogen-bond donors (Lipinski definition) is 2. The number of carbonyl (C=O) groups excluding carboxylic acids is 1. The normalized spacial score (nSPS) is 12.5. The van der Waals surface area contributed by atoms with Crippen LogP contribution in [0.5, 0.6) is 0 Å². The number of rotatable bonds is 4. The van der Waals surface area contributed by atoms with Gasteiger partial charge in [-0.15, -0.1) is 0 Å². The third kappa shape index (κ3) is 3.19. The molecule has 9 nitrogen and oxygen atoms in total. The summed E-state index contributed by atoms with van der Waals surface area (Å²) in [4.78, 5) is 22.8. The molecule has 116 valence electrons. The molecule has 0 saturated heterocycles. The SMILES string of the molecule is N#CC(C#N)=C(C#N)Nc1cccc(N2N=C(C(=O)O)CC2=O)c1. The van der Waals surface area contributed by atoms with Crippen molar-refractivity contribution >= 4 is 29.0 Å². The van der Waals surface area contributed by atoms with E-state index in [0.29, 0.717) is 5.69 Å². The van der Waals surface area contributed by atoms with Crippen LogP contribution >= 0.6 is 0 Å². The lowest BCUT2D eigenvalue weighted by atomic mass is 10.2. The number of amides is 1. The Morgan fingerprint density at radius 2 is 1.96 bits per heavy atom. The molecule has 1 aromatic carbocycles. The minimum Gasteiger partial charge on any atom is -0.477 e. The Morgan fingerprint density at radius 3 is 2.50 bits per heavy atom. The fraction of sp³-hybridized carbons (Fsp3) is 0.0667. The molecule has 1 aromatic rings. The summed E-state index contributed by atoms with van der Waals surface area (Å²) in [5, 5.41) is 42.8. The van der Waals surface area contributed by atoms with Gasteiger partial charge >= 0.3 is 5.97 Å². The minimum absolute atomic E-state index is 0.236. The van der Waals surface area contributed by atoms with Crippen molar-refractivity contribution in [2.24, 2.45) is 5.10 Å². The van der Waals surface area contributed by atoms with Crippen LogP contribution in [0.2, 0.25) is 0 Å². The number of nitriles is 3. The minimum atomic E-state index is -1.28. The van der Waals surface area contributed by atoms with E-state index in [0.717, 1.165) is 5.01 Å². The number of hydrogen-bond acceptors (Lipinski definition) is 7. The molecule has 9 heteroatoms. The molecule has 2 rings (SSSR count). The second-order valence-corrected chi connectivity index (χ2v) is 4.49. The Kier molecular flexibility index (Phi) is 4.55. The predicted octanol–water partition coefficient (Wildman–Crippen LogP) is 1.10. The lowest BCUT2D eigenvalue weighted by Gasteiger charge is -2.13. The lowest BCUT2D eigenvalue weighted by molar-refractivity contribution is -0.129. The highest BCUT2D eigenvalue weighted by Gasteiger charge is 2.29. The second-order valence-electron chi connectivity index (χ2n) is 4.49. The molecule has 0 saturated carbocycles. The molecule has 2 N–H and O–H groups in total. The average molecular weight is 320 g/mol. The van der Waals surface area contributed by atoms with Crippen LogP contribution in [-0.4, -0.2) is 22.7 Å². The fourth-order valence-electron chi connectivity index (χ4n) is 1.89. The summed E-state index contributed by atoms with van der Waals surface area (Å²) in [5.41, 5.74) is -0.272. The summed E-state index contributed by atoms with van der Waals surface area (Å²) in [6.45, 7) is 0. The van der Waals surface area contributed by atoms with Crippen LogP contribution < -0.4 is 10.3 Å². The maximum atomic E-state index is 11.9. The van der Waals surface area contributed by atoms with E-state index in [2.05, 4.69) is 10.4 Å². The van der Waals surface area contributed by atoms with E-state index in [1.807, 2.05) is 0 Å². The predicted molar refractivity (Wildman–Crippen MR) is 81.1 cm³/mol. The molecule has 1 aliphatic heterocycles. The molecule has 0 radical (unpaired) electrons. The van der Waals surface area contributed by atoms with Crippen molar-refractivity contribution in [3.05, 3.63) is 35.5 Å². The van der Waals surface area contributed by atoms with Gasteiger partial charge in [0.1, 0.15) is 23.9 Å². The number of nitrogens with one attached hydrogen (secondary N) is 1. The monoisotopic (exact) mass is 320 g/mol. The molecule has 1 heterocycles. The smallest absolute Gasteiger partial charge is 0.352 e. The zero-order valence-electron chi connectivity index (χ0n) is 12.0. The van der Waals surface area contributed by atoms with Gasteiger partial charge in [-0.2, -0.15) is 25.9 Å². The Morgan fingerprint density at radius 1 is 1.25 bits per heavy atom. The third-order valence-corrected chi connectivity index (χ3v) is 2.97. The van der Waals surface area contributed by atoms with Gasteiger partial charge in [-0.1, -0.05) is 6.07 Å². The highest BCUT2D eigenvalue weighted by Crippen LogP contribution is 2.24. The molecule has 1 amide bonds. The van der Waals surface area contributed by atoms with Crippen molar-refractivity contribution in [3.8, 4) is 18.2 Å². The molecule has 0 aliphatic carbocycles. The first-order valence-electron chi connectivity index (χ1n) is 6.45. The molecule has 0 bridgehead atoms. The molecule has 0 atom stereocenters.